The molecule has 3 rings (SSSR count). The Morgan fingerprint density at radius 2 is 1.91 bits per heavy atom. The molecule has 2 aromatic rings. The molecule has 2 aromatic carbocycles. The van der Waals surface area contributed by atoms with Gasteiger partial charge in [-0.1, -0.05) is 23.7 Å². The first-order valence-electron chi connectivity index (χ1n) is 6.78. The Morgan fingerprint density at radius 3 is 2.65 bits per heavy atom. The largest absolute Gasteiger partial charge is 0.485 e. The lowest BCUT2D eigenvalue weighted by atomic mass is 10.2. The number of fused-ring (bicyclic) bond motifs is 1. The van der Waals surface area contributed by atoms with Crippen LogP contribution >= 0.6 is 11.6 Å². The molecule has 0 aliphatic carbocycles. The van der Waals surface area contributed by atoms with E-state index in [1.807, 2.05) is 0 Å². The number of rotatable bonds is 6. The molecule has 0 bridgehead atoms. The Hall–Kier alpha value is -2.60. The van der Waals surface area contributed by atoms with Crippen LogP contribution in [-0.4, -0.2) is 24.5 Å². The first-order chi connectivity index (χ1) is 11.1. The number of hydrogen-bond acceptors (Lipinski definition) is 5. The minimum Gasteiger partial charge on any atom is -0.485 e. The van der Waals surface area contributed by atoms with Gasteiger partial charge in [0, 0.05) is 0 Å². The molecule has 23 heavy (non-hydrogen) atoms. The number of carboxylic acid groups (broad SMARTS) is 1. The van der Waals surface area contributed by atoms with Gasteiger partial charge in [-0.15, -0.1) is 0 Å². The molecule has 0 fully saturated rings. The van der Waals surface area contributed by atoms with Gasteiger partial charge in [-0.25, -0.2) is 4.79 Å². The van der Waals surface area contributed by atoms with Gasteiger partial charge in [-0.05, 0) is 29.8 Å². The number of para-hydroxylation sites is 2. The van der Waals surface area contributed by atoms with Gasteiger partial charge in [0.1, 0.15) is 6.61 Å². The third kappa shape index (κ3) is 3.60. The van der Waals surface area contributed by atoms with Crippen LogP contribution in [0.25, 0.3) is 0 Å². The topological polar surface area (TPSA) is 74.2 Å². The molecular formula is C16H13ClO6. The number of halogens is 1. The lowest BCUT2D eigenvalue weighted by Crippen LogP contribution is -2.10. The molecule has 0 amide bonds. The highest BCUT2D eigenvalue weighted by Crippen LogP contribution is 2.40. The van der Waals surface area contributed by atoms with E-state index in [2.05, 4.69) is 0 Å². The maximum atomic E-state index is 10.6. The fraction of sp³-hybridized carbons (Fsp3) is 0.188. The standard InChI is InChI=1S/C16H13ClO6/c17-11-5-10(6-14-16(11)23-9-22-14)7-20-12-3-1-2-4-13(12)21-8-15(18)19/h1-6H,7-9H2,(H,18,19). The van der Waals surface area contributed by atoms with Crippen molar-refractivity contribution >= 4 is 17.6 Å². The monoisotopic (exact) mass is 336 g/mol. The fourth-order valence-corrected chi connectivity index (χ4v) is 2.38. The SMILES string of the molecule is O=C(O)COc1ccccc1OCc1cc(Cl)c2c(c1)OCO2. The van der Waals surface area contributed by atoms with Crippen molar-refractivity contribution in [2.24, 2.45) is 0 Å². The Balaban J connectivity index is 1.71. The average Bonchev–Trinajstić information content (AvgIpc) is 3.00. The molecule has 1 aliphatic rings. The van der Waals surface area contributed by atoms with Gasteiger partial charge in [0.25, 0.3) is 0 Å². The van der Waals surface area contributed by atoms with Crippen LogP contribution in [0.15, 0.2) is 36.4 Å². The minimum absolute atomic E-state index is 0.144. The predicted molar refractivity (Wildman–Crippen MR) is 81.5 cm³/mol. The van der Waals surface area contributed by atoms with Crippen LogP contribution in [0.4, 0.5) is 0 Å². The maximum Gasteiger partial charge on any atom is 0.341 e. The quantitative estimate of drug-likeness (QED) is 0.873. The van der Waals surface area contributed by atoms with Gasteiger partial charge < -0.3 is 24.1 Å². The smallest absolute Gasteiger partial charge is 0.341 e. The zero-order valence-corrected chi connectivity index (χ0v) is 12.7. The summed E-state index contributed by atoms with van der Waals surface area (Å²) in [6.45, 7) is -0.0642. The van der Waals surface area contributed by atoms with Crippen LogP contribution < -0.4 is 18.9 Å². The molecule has 1 aliphatic heterocycles. The summed E-state index contributed by atoms with van der Waals surface area (Å²) < 4.78 is 21.4. The van der Waals surface area contributed by atoms with Gasteiger partial charge in [0.2, 0.25) is 6.79 Å². The molecule has 6 nitrogen and oxygen atoms in total. The Bertz CT molecular complexity index is 731. The van der Waals surface area contributed by atoms with E-state index in [1.54, 1.807) is 36.4 Å². The number of aliphatic carboxylic acids is 1. The van der Waals surface area contributed by atoms with E-state index >= 15 is 0 Å². The second-order valence-electron chi connectivity index (χ2n) is 4.73. The van der Waals surface area contributed by atoms with Crippen molar-refractivity contribution in [1.82, 2.24) is 0 Å². The minimum atomic E-state index is -1.05. The number of carbonyl (C=O) groups is 1. The van der Waals surface area contributed by atoms with Gasteiger partial charge in [0.15, 0.2) is 29.6 Å². The van der Waals surface area contributed by atoms with E-state index in [1.165, 1.54) is 0 Å². The van der Waals surface area contributed by atoms with Crippen LogP contribution in [-0.2, 0) is 11.4 Å². The molecule has 1 heterocycles. The van der Waals surface area contributed by atoms with E-state index in [0.717, 1.165) is 5.56 Å². The zero-order chi connectivity index (χ0) is 16.2. The van der Waals surface area contributed by atoms with Gasteiger partial charge in [0.05, 0.1) is 5.02 Å². The van der Waals surface area contributed by atoms with Crippen LogP contribution in [0.5, 0.6) is 23.0 Å². The molecule has 120 valence electrons. The van der Waals surface area contributed by atoms with Crippen LogP contribution in [0, 0.1) is 0 Å². The van der Waals surface area contributed by atoms with E-state index < -0.39 is 12.6 Å². The second-order valence-corrected chi connectivity index (χ2v) is 5.14. The van der Waals surface area contributed by atoms with Gasteiger partial charge in [-0.3, -0.25) is 0 Å². The number of ether oxygens (including phenoxy) is 4. The first-order valence-corrected chi connectivity index (χ1v) is 7.16. The lowest BCUT2D eigenvalue weighted by molar-refractivity contribution is -0.139. The molecular weight excluding hydrogens is 324 g/mol. The normalized spacial score (nSPS) is 12.0. The highest BCUT2D eigenvalue weighted by molar-refractivity contribution is 6.32. The number of benzene rings is 2. The van der Waals surface area contributed by atoms with Crippen LogP contribution in [0.2, 0.25) is 5.02 Å². The Kier molecular flexibility index (Phi) is 4.43. The summed E-state index contributed by atoms with van der Waals surface area (Å²) in [5.41, 5.74) is 0.798. The summed E-state index contributed by atoms with van der Waals surface area (Å²) >= 11 is 6.12. The summed E-state index contributed by atoms with van der Waals surface area (Å²) in [6, 6.07) is 10.4. The molecule has 0 atom stereocenters. The molecule has 0 spiro atoms. The molecule has 0 saturated carbocycles. The van der Waals surface area contributed by atoms with Crippen molar-refractivity contribution in [3.05, 3.63) is 47.0 Å². The van der Waals surface area contributed by atoms with Gasteiger partial charge >= 0.3 is 5.97 Å². The van der Waals surface area contributed by atoms with E-state index in [0.29, 0.717) is 28.0 Å². The van der Waals surface area contributed by atoms with Crippen molar-refractivity contribution in [2.45, 2.75) is 6.61 Å². The summed E-state index contributed by atoms with van der Waals surface area (Å²) in [5, 5.41) is 9.14. The summed E-state index contributed by atoms with van der Waals surface area (Å²) in [7, 11) is 0. The molecule has 0 unspecified atom stereocenters. The summed E-state index contributed by atoms with van der Waals surface area (Å²) in [5.74, 6) is 0.860. The Morgan fingerprint density at radius 1 is 1.17 bits per heavy atom. The molecule has 7 heteroatoms. The van der Waals surface area contributed by atoms with E-state index in [4.69, 9.17) is 35.7 Å². The number of carboxylic acids is 1. The summed E-state index contributed by atoms with van der Waals surface area (Å²) in [4.78, 5) is 10.6. The molecule has 1 N–H and O–H groups in total. The fourth-order valence-electron chi connectivity index (χ4n) is 2.09. The van der Waals surface area contributed by atoms with Crippen LogP contribution in [0.3, 0.4) is 0 Å². The third-order valence-corrected chi connectivity index (χ3v) is 3.36. The highest BCUT2D eigenvalue weighted by Gasteiger charge is 2.18. The van der Waals surface area contributed by atoms with Crippen molar-refractivity contribution in [1.29, 1.82) is 0 Å². The van der Waals surface area contributed by atoms with E-state index in [9.17, 15) is 4.79 Å². The van der Waals surface area contributed by atoms with Crippen molar-refractivity contribution in [3.63, 3.8) is 0 Å². The predicted octanol–water partition coefficient (Wildman–Crippen LogP) is 3.11. The second kappa shape index (κ2) is 6.66. The zero-order valence-electron chi connectivity index (χ0n) is 12.0. The molecule has 0 radical (unpaired) electrons. The van der Waals surface area contributed by atoms with E-state index in [-0.39, 0.29) is 13.4 Å². The maximum absolute atomic E-state index is 10.6. The third-order valence-electron chi connectivity index (χ3n) is 3.08. The van der Waals surface area contributed by atoms with Crippen molar-refractivity contribution in [3.8, 4) is 23.0 Å². The molecule has 0 saturated heterocycles. The first kappa shape index (κ1) is 15.3. The average molecular weight is 337 g/mol. The van der Waals surface area contributed by atoms with Gasteiger partial charge in [-0.2, -0.15) is 0 Å². The highest BCUT2D eigenvalue weighted by atomic mass is 35.5. The van der Waals surface area contributed by atoms with Crippen molar-refractivity contribution < 1.29 is 28.8 Å². The van der Waals surface area contributed by atoms with Crippen LogP contribution in [0.1, 0.15) is 5.56 Å². The van der Waals surface area contributed by atoms with Crippen molar-refractivity contribution in [2.75, 3.05) is 13.4 Å². The molecule has 0 aromatic heterocycles. The summed E-state index contributed by atoms with van der Waals surface area (Å²) in [6.07, 6.45) is 0. The lowest BCUT2D eigenvalue weighted by Gasteiger charge is -2.12. The number of hydrogen-bond donors (Lipinski definition) is 1. The Labute approximate surface area is 137 Å².